The topological polar surface area (TPSA) is 66.8 Å². The molecule has 0 unspecified atom stereocenters. The Morgan fingerprint density at radius 1 is 1.21 bits per heavy atom. The molecule has 29 heavy (non-hydrogen) atoms. The summed E-state index contributed by atoms with van der Waals surface area (Å²) in [6.45, 7) is 10.9. The van der Waals surface area contributed by atoms with Crippen molar-refractivity contribution in [3.63, 3.8) is 0 Å². The minimum atomic E-state index is -0.723. The van der Waals surface area contributed by atoms with Gasteiger partial charge in [-0.2, -0.15) is 0 Å². The van der Waals surface area contributed by atoms with Crippen LogP contribution in [0.1, 0.15) is 103 Å². The standard InChI is InChI=1S/C25H38O4/c1-6-7-8-9-12-24(2,3)17-14-20(26)22-18-13-16(23(27)28)10-11-19(18)25(4,5)29-21(22)15-17/h14-16,18-19,26H,6-13H2,1-5H3,(H,27,28)/t16-,18+,19+/m0/s1. The number of carboxylic acid groups (broad SMARTS) is 1. The van der Waals surface area contributed by atoms with Crippen molar-refractivity contribution in [2.24, 2.45) is 11.8 Å². The molecule has 1 aliphatic heterocycles. The predicted molar refractivity (Wildman–Crippen MR) is 116 cm³/mol. The van der Waals surface area contributed by atoms with E-state index in [1.165, 1.54) is 25.7 Å². The summed E-state index contributed by atoms with van der Waals surface area (Å²) in [5, 5.41) is 20.6. The fourth-order valence-electron chi connectivity index (χ4n) is 5.50. The van der Waals surface area contributed by atoms with Gasteiger partial charge in [0, 0.05) is 11.5 Å². The van der Waals surface area contributed by atoms with Crippen molar-refractivity contribution in [1.29, 1.82) is 0 Å². The van der Waals surface area contributed by atoms with Gasteiger partial charge >= 0.3 is 5.97 Å². The monoisotopic (exact) mass is 402 g/mol. The molecule has 0 bridgehead atoms. The highest BCUT2D eigenvalue weighted by Crippen LogP contribution is 2.56. The van der Waals surface area contributed by atoms with Crippen molar-refractivity contribution < 1.29 is 19.7 Å². The Hall–Kier alpha value is -1.71. The lowest BCUT2D eigenvalue weighted by Crippen LogP contribution is -2.47. The number of phenolic OH excluding ortho intramolecular Hbond substituents is 1. The molecule has 3 atom stereocenters. The summed E-state index contributed by atoms with van der Waals surface area (Å²) in [6, 6.07) is 4.01. The molecule has 0 amide bonds. The minimum Gasteiger partial charge on any atom is -0.508 e. The van der Waals surface area contributed by atoms with Crippen LogP contribution < -0.4 is 4.74 Å². The maximum atomic E-state index is 11.6. The molecule has 2 N–H and O–H groups in total. The molecule has 1 aromatic rings. The number of carbonyl (C=O) groups is 1. The van der Waals surface area contributed by atoms with Crippen LogP contribution in [0, 0.1) is 11.8 Å². The number of hydrogen-bond donors (Lipinski definition) is 2. The molecule has 4 nitrogen and oxygen atoms in total. The third-order valence-corrected chi connectivity index (χ3v) is 7.39. The maximum Gasteiger partial charge on any atom is 0.306 e. The van der Waals surface area contributed by atoms with Gasteiger partial charge in [-0.3, -0.25) is 4.79 Å². The number of unbranched alkanes of at least 4 members (excludes halogenated alkanes) is 3. The lowest BCUT2D eigenvalue weighted by molar-refractivity contribution is -0.144. The first kappa shape index (κ1) is 22.0. The number of rotatable bonds is 7. The quantitative estimate of drug-likeness (QED) is 0.518. The average molecular weight is 403 g/mol. The first-order chi connectivity index (χ1) is 13.6. The fraction of sp³-hybridized carbons (Fsp3) is 0.720. The molecule has 2 aliphatic rings. The van der Waals surface area contributed by atoms with Crippen LogP contribution in [-0.2, 0) is 10.2 Å². The van der Waals surface area contributed by atoms with Gasteiger partial charge in [-0.15, -0.1) is 0 Å². The number of aliphatic carboxylic acids is 1. The van der Waals surface area contributed by atoms with Crippen molar-refractivity contribution in [2.45, 2.75) is 103 Å². The van der Waals surface area contributed by atoms with Gasteiger partial charge in [0.1, 0.15) is 17.1 Å². The van der Waals surface area contributed by atoms with Crippen LogP contribution in [0.25, 0.3) is 0 Å². The number of phenols is 1. The van der Waals surface area contributed by atoms with Gasteiger partial charge in [-0.05, 0) is 68.6 Å². The lowest BCUT2D eigenvalue weighted by Gasteiger charge is -2.49. The third-order valence-electron chi connectivity index (χ3n) is 7.39. The molecule has 1 heterocycles. The minimum absolute atomic E-state index is 0.0327. The van der Waals surface area contributed by atoms with Crippen molar-refractivity contribution in [2.75, 3.05) is 0 Å². The van der Waals surface area contributed by atoms with E-state index in [-0.39, 0.29) is 34.5 Å². The van der Waals surface area contributed by atoms with E-state index in [4.69, 9.17) is 4.74 Å². The summed E-state index contributed by atoms with van der Waals surface area (Å²) in [6.07, 6.45) is 8.05. The smallest absolute Gasteiger partial charge is 0.306 e. The molecule has 0 aromatic heterocycles. The van der Waals surface area contributed by atoms with Crippen LogP contribution in [0.15, 0.2) is 12.1 Å². The number of carboxylic acids is 1. The van der Waals surface area contributed by atoms with E-state index in [1.807, 2.05) is 6.07 Å². The second-order valence-corrected chi connectivity index (χ2v) is 10.4. The van der Waals surface area contributed by atoms with E-state index in [0.717, 1.165) is 29.7 Å². The molecule has 0 radical (unpaired) electrons. The summed E-state index contributed by atoms with van der Waals surface area (Å²) in [7, 11) is 0. The first-order valence-corrected chi connectivity index (χ1v) is 11.4. The molecule has 0 spiro atoms. The maximum absolute atomic E-state index is 11.6. The van der Waals surface area contributed by atoms with Crippen LogP contribution in [-0.4, -0.2) is 21.8 Å². The molecular formula is C25H38O4. The number of ether oxygens (including phenoxy) is 1. The zero-order valence-corrected chi connectivity index (χ0v) is 18.8. The van der Waals surface area contributed by atoms with Crippen LogP contribution in [0.5, 0.6) is 11.5 Å². The first-order valence-electron chi connectivity index (χ1n) is 11.4. The Bertz CT molecular complexity index is 749. The number of hydrogen-bond acceptors (Lipinski definition) is 3. The highest BCUT2D eigenvalue weighted by atomic mass is 16.5. The van der Waals surface area contributed by atoms with Crippen molar-refractivity contribution in [3.8, 4) is 11.5 Å². The Morgan fingerprint density at radius 2 is 1.93 bits per heavy atom. The third kappa shape index (κ3) is 4.41. The van der Waals surface area contributed by atoms with Crippen LogP contribution in [0.3, 0.4) is 0 Å². The van der Waals surface area contributed by atoms with Crippen molar-refractivity contribution >= 4 is 5.97 Å². The SMILES string of the molecule is CCCCCCC(C)(C)c1cc(O)c2c(c1)OC(C)(C)[C@@H]1CC[C@H](C(=O)O)C[C@@H]21. The molecule has 4 heteroatoms. The Kier molecular flexibility index (Phi) is 6.21. The van der Waals surface area contributed by atoms with Crippen LogP contribution >= 0.6 is 0 Å². The predicted octanol–water partition coefficient (Wildman–Crippen LogP) is 6.40. The zero-order chi connectivity index (χ0) is 21.4. The van der Waals surface area contributed by atoms with Crippen LogP contribution in [0.4, 0.5) is 0 Å². The van der Waals surface area contributed by atoms with E-state index in [2.05, 4.69) is 40.7 Å². The summed E-state index contributed by atoms with van der Waals surface area (Å²) in [5.74, 6) is 0.218. The van der Waals surface area contributed by atoms with Gasteiger partial charge in [-0.1, -0.05) is 46.5 Å². The molecule has 1 aliphatic carbocycles. The molecule has 1 fully saturated rings. The normalized spacial score (nSPS) is 25.6. The van der Waals surface area contributed by atoms with E-state index in [9.17, 15) is 15.0 Å². The second-order valence-electron chi connectivity index (χ2n) is 10.4. The summed E-state index contributed by atoms with van der Waals surface area (Å²) in [4.78, 5) is 11.6. The Balaban J connectivity index is 1.93. The van der Waals surface area contributed by atoms with E-state index in [1.54, 1.807) is 0 Å². The van der Waals surface area contributed by atoms with E-state index >= 15 is 0 Å². The average Bonchev–Trinajstić information content (AvgIpc) is 2.64. The Morgan fingerprint density at radius 3 is 2.59 bits per heavy atom. The lowest BCUT2D eigenvalue weighted by atomic mass is 9.63. The largest absolute Gasteiger partial charge is 0.508 e. The van der Waals surface area contributed by atoms with Gasteiger partial charge < -0.3 is 14.9 Å². The van der Waals surface area contributed by atoms with Gasteiger partial charge in [0.05, 0.1) is 5.92 Å². The summed E-state index contributed by atoms with van der Waals surface area (Å²) in [5.41, 5.74) is 1.52. The van der Waals surface area contributed by atoms with E-state index < -0.39 is 5.97 Å². The van der Waals surface area contributed by atoms with Gasteiger partial charge in [0.25, 0.3) is 0 Å². The number of aromatic hydroxyl groups is 1. The van der Waals surface area contributed by atoms with E-state index in [0.29, 0.717) is 12.8 Å². The van der Waals surface area contributed by atoms with Crippen LogP contribution in [0.2, 0.25) is 0 Å². The molecule has 162 valence electrons. The molecule has 1 saturated carbocycles. The fourth-order valence-corrected chi connectivity index (χ4v) is 5.50. The van der Waals surface area contributed by atoms with Gasteiger partial charge in [-0.25, -0.2) is 0 Å². The molecular weight excluding hydrogens is 364 g/mol. The van der Waals surface area contributed by atoms with Crippen molar-refractivity contribution in [3.05, 3.63) is 23.3 Å². The van der Waals surface area contributed by atoms with Gasteiger partial charge in [0.2, 0.25) is 0 Å². The number of fused-ring (bicyclic) bond motifs is 3. The Labute approximate surface area is 175 Å². The highest BCUT2D eigenvalue weighted by molar-refractivity contribution is 5.70. The summed E-state index contributed by atoms with van der Waals surface area (Å²) < 4.78 is 6.44. The van der Waals surface area contributed by atoms with Crippen molar-refractivity contribution in [1.82, 2.24) is 0 Å². The molecule has 3 rings (SSSR count). The molecule has 1 aromatic carbocycles. The highest BCUT2D eigenvalue weighted by Gasteiger charge is 2.49. The van der Waals surface area contributed by atoms with Gasteiger partial charge in [0.15, 0.2) is 0 Å². The second kappa shape index (κ2) is 8.20. The zero-order valence-electron chi connectivity index (χ0n) is 18.8. The summed E-state index contributed by atoms with van der Waals surface area (Å²) >= 11 is 0. The number of benzene rings is 1. The molecule has 0 saturated heterocycles.